The molecular weight excluding hydrogens is 488 g/mol. The van der Waals surface area contributed by atoms with E-state index in [9.17, 15) is 17.2 Å². The molecule has 0 aliphatic rings. The fourth-order valence-corrected chi connectivity index (χ4v) is 4.82. The molecule has 0 saturated carbocycles. The van der Waals surface area contributed by atoms with Gasteiger partial charge >= 0.3 is 0 Å². The summed E-state index contributed by atoms with van der Waals surface area (Å²) in [5.74, 6) is -2.14. The molecule has 11 heteroatoms. The number of ether oxygens (including phenoxy) is 1. The van der Waals surface area contributed by atoms with Crippen LogP contribution in [0.2, 0.25) is 0 Å². The molecule has 0 amide bonds. The topological polar surface area (TPSA) is 107 Å². The third-order valence-electron chi connectivity index (χ3n) is 5.39. The fourth-order valence-electron chi connectivity index (χ4n) is 3.71. The predicted molar refractivity (Wildman–Crippen MR) is 130 cm³/mol. The average molecular weight is 506 g/mol. The van der Waals surface area contributed by atoms with Gasteiger partial charge in [0, 0.05) is 53.6 Å². The van der Waals surface area contributed by atoms with E-state index in [0.29, 0.717) is 22.8 Å². The van der Waals surface area contributed by atoms with Crippen LogP contribution in [-0.2, 0) is 10.0 Å². The van der Waals surface area contributed by atoms with E-state index >= 15 is 0 Å². The van der Waals surface area contributed by atoms with Crippen molar-refractivity contribution in [1.29, 1.82) is 0 Å². The Balaban J connectivity index is 1.58. The summed E-state index contributed by atoms with van der Waals surface area (Å²) in [6.45, 7) is 0. The van der Waals surface area contributed by atoms with E-state index in [-0.39, 0.29) is 11.6 Å². The number of rotatable bonds is 6. The van der Waals surface area contributed by atoms with Crippen molar-refractivity contribution >= 4 is 26.7 Å². The maximum Gasteiger partial charge on any atom is 0.264 e. The third kappa shape index (κ3) is 4.43. The lowest BCUT2D eigenvalue weighted by atomic mass is 10.0. The zero-order chi connectivity index (χ0) is 25.3. The lowest BCUT2D eigenvalue weighted by molar-refractivity contribution is 0.400. The molecule has 8 nitrogen and oxygen atoms in total. The number of anilines is 1. The molecule has 0 fully saturated rings. The van der Waals surface area contributed by atoms with Crippen molar-refractivity contribution in [3.63, 3.8) is 0 Å². The molecule has 1 N–H and O–H groups in total. The number of hydrogen-bond donors (Lipinski definition) is 1. The van der Waals surface area contributed by atoms with Crippen LogP contribution in [0, 0.1) is 11.6 Å². The highest BCUT2D eigenvalue weighted by molar-refractivity contribution is 7.92. The average Bonchev–Trinajstić information content (AvgIpc) is 2.88. The van der Waals surface area contributed by atoms with E-state index in [1.165, 1.54) is 19.4 Å². The van der Waals surface area contributed by atoms with Gasteiger partial charge in [0.15, 0.2) is 5.65 Å². The first kappa shape index (κ1) is 23.2. The monoisotopic (exact) mass is 505 g/mol. The summed E-state index contributed by atoms with van der Waals surface area (Å²) >= 11 is 0. The van der Waals surface area contributed by atoms with Gasteiger partial charge < -0.3 is 4.74 Å². The largest absolute Gasteiger partial charge is 0.480 e. The van der Waals surface area contributed by atoms with Gasteiger partial charge in [-0.15, -0.1) is 0 Å². The van der Waals surface area contributed by atoms with E-state index in [2.05, 4.69) is 24.7 Å². The first-order valence-corrected chi connectivity index (χ1v) is 12.0. The maximum atomic E-state index is 14.2. The summed E-state index contributed by atoms with van der Waals surface area (Å²) < 4.78 is 60.6. The van der Waals surface area contributed by atoms with Crippen molar-refractivity contribution in [2.75, 3.05) is 11.8 Å². The highest BCUT2D eigenvalue weighted by Gasteiger charge is 2.22. The molecule has 180 valence electrons. The quantitative estimate of drug-likeness (QED) is 0.352. The second-order valence-corrected chi connectivity index (χ2v) is 9.30. The number of pyridine rings is 4. The molecule has 0 aliphatic heterocycles. The Morgan fingerprint density at radius 2 is 1.58 bits per heavy atom. The Morgan fingerprint density at radius 1 is 0.833 bits per heavy atom. The zero-order valence-corrected chi connectivity index (χ0v) is 19.5. The van der Waals surface area contributed by atoms with Crippen LogP contribution in [-0.4, -0.2) is 35.5 Å². The number of halogens is 2. The molecule has 0 radical (unpaired) electrons. The summed E-state index contributed by atoms with van der Waals surface area (Å²) in [4.78, 5) is 16.3. The number of fused-ring (bicyclic) bond motifs is 1. The van der Waals surface area contributed by atoms with Crippen LogP contribution in [0.25, 0.3) is 33.3 Å². The third-order valence-corrected chi connectivity index (χ3v) is 6.79. The van der Waals surface area contributed by atoms with Crippen LogP contribution in [0.1, 0.15) is 0 Å². The molecule has 5 rings (SSSR count). The van der Waals surface area contributed by atoms with Crippen molar-refractivity contribution in [1.82, 2.24) is 19.9 Å². The van der Waals surface area contributed by atoms with Gasteiger partial charge in [-0.25, -0.2) is 32.2 Å². The van der Waals surface area contributed by atoms with Crippen LogP contribution >= 0.6 is 0 Å². The van der Waals surface area contributed by atoms with Gasteiger partial charge in [-0.05, 0) is 53.6 Å². The lowest BCUT2D eigenvalue weighted by Gasteiger charge is -2.13. The van der Waals surface area contributed by atoms with E-state index in [1.807, 2.05) is 24.3 Å². The Bertz CT molecular complexity index is 1700. The second kappa shape index (κ2) is 9.27. The maximum absolute atomic E-state index is 14.2. The van der Waals surface area contributed by atoms with Crippen molar-refractivity contribution in [3.8, 4) is 28.1 Å². The highest BCUT2D eigenvalue weighted by Crippen LogP contribution is 2.33. The van der Waals surface area contributed by atoms with Gasteiger partial charge in [-0.3, -0.25) is 9.71 Å². The molecule has 0 unspecified atom stereocenters. The standard InChI is InChI=1S/C25H17F2N5O3S/c1-35-25-22(32-36(33,34)23-3-2-18(26)12-21(23)27)11-17(14-31-25)16-10-20-19(15-4-7-28-8-5-15)6-9-29-24(20)30-13-16/h2-14,32H,1H3. The van der Waals surface area contributed by atoms with Crippen LogP contribution in [0.15, 0.2) is 84.4 Å². The van der Waals surface area contributed by atoms with Crippen molar-refractivity contribution in [2.24, 2.45) is 0 Å². The van der Waals surface area contributed by atoms with E-state index < -0.39 is 26.6 Å². The zero-order valence-electron chi connectivity index (χ0n) is 18.7. The molecule has 0 bridgehead atoms. The molecule has 0 spiro atoms. The minimum absolute atomic E-state index is 0.0284. The number of aromatic nitrogens is 4. The van der Waals surface area contributed by atoms with E-state index in [4.69, 9.17) is 4.74 Å². The molecule has 1 aromatic carbocycles. The summed E-state index contributed by atoms with van der Waals surface area (Å²) in [6.07, 6.45) is 8.14. The second-order valence-electron chi connectivity index (χ2n) is 7.65. The van der Waals surface area contributed by atoms with Gasteiger partial charge in [0.25, 0.3) is 10.0 Å². The van der Waals surface area contributed by atoms with Crippen LogP contribution in [0.4, 0.5) is 14.5 Å². The smallest absolute Gasteiger partial charge is 0.264 e. The minimum atomic E-state index is -4.41. The predicted octanol–water partition coefficient (Wildman–Crippen LogP) is 4.84. The highest BCUT2D eigenvalue weighted by atomic mass is 32.2. The minimum Gasteiger partial charge on any atom is -0.480 e. The number of sulfonamides is 1. The van der Waals surface area contributed by atoms with Gasteiger partial charge in [-0.1, -0.05) is 0 Å². The SMILES string of the molecule is COc1ncc(-c2cnc3nccc(-c4ccncc4)c3c2)cc1NS(=O)(=O)c1ccc(F)cc1F. The number of methoxy groups -OCH3 is 1. The van der Waals surface area contributed by atoms with Gasteiger partial charge in [0.05, 0.1) is 7.11 Å². The van der Waals surface area contributed by atoms with Gasteiger partial charge in [-0.2, -0.15) is 0 Å². The normalized spacial score (nSPS) is 11.4. The Morgan fingerprint density at radius 3 is 2.33 bits per heavy atom. The van der Waals surface area contributed by atoms with E-state index in [1.54, 1.807) is 24.8 Å². The number of nitrogens with zero attached hydrogens (tertiary/aromatic N) is 4. The fraction of sp³-hybridized carbons (Fsp3) is 0.0400. The van der Waals surface area contributed by atoms with Crippen LogP contribution < -0.4 is 9.46 Å². The van der Waals surface area contributed by atoms with Gasteiger partial charge in [0.2, 0.25) is 5.88 Å². The van der Waals surface area contributed by atoms with Crippen molar-refractivity contribution in [2.45, 2.75) is 4.90 Å². The first-order valence-electron chi connectivity index (χ1n) is 10.5. The van der Waals surface area contributed by atoms with Crippen molar-refractivity contribution in [3.05, 3.63) is 91.1 Å². The molecule has 36 heavy (non-hydrogen) atoms. The molecule has 0 atom stereocenters. The molecule has 5 aromatic rings. The summed E-state index contributed by atoms with van der Waals surface area (Å²) in [7, 11) is -3.09. The Labute approximate surface area is 204 Å². The molecule has 4 aromatic heterocycles. The summed E-state index contributed by atoms with van der Waals surface area (Å²) in [6, 6.07) is 11.2. The molecular formula is C25H17F2N5O3S. The Hall–Kier alpha value is -4.51. The number of benzene rings is 1. The summed E-state index contributed by atoms with van der Waals surface area (Å²) in [5, 5.41) is 0.771. The van der Waals surface area contributed by atoms with E-state index in [0.717, 1.165) is 28.6 Å². The van der Waals surface area contributed by atoms with Crippen LogP contribution in [0.3, 0.4) is 0 Å². The number of nitrogens with one attached hydrogen (secondary N) is 1. The molecule has 4 heterocycles. The Kier molecular flexibility index (Phi) is 5.98. The van der Waals surface area contributed by atoms with Crippen LogP contribution in [0.5, 0.6) is 5.88 Å². The molecule has 0 aliphatic carbocycles. The number of hydrogen-bond acceptors (Lipinski definition) is 7. The van der Waals surface area contributed by atoms with Gasteiger partial charge in [0.1, 0.15) is 22.2 Å². The first-order chi connectivity index (χ1) is 17.4. The summed E-state index contributed by atoms with van der Waals surface area (Å²) in [5.41, 5.74) is 3.48. The van der Waals surface area contributed by atoms with Crippen molar-refractivity contribution < 1.29 is 21.9 Å². The molecule has 0 saturated heterocycles. The lowest BCUT2D eigenvalue weighted by Crippen LogP contribution is -2.15.